The molecule has 1 unspecified atom stereocenters. The lowest BCUT2D eigenvalue weighted by atomic mass is 9.63. The second-order valence-corrected chi connectivity index (χ2v) is 7.15. The summed E-state index contributed by atoms with van der Waals surface area (Å²) in [4.78, 5) is 12.1. The molecule has 0 saturated heterocycles. The van der Waals surface area contributed by atoms with Crippen LogP contribution in [-0.4, -0.2) is 11.1 Å². The van der Waals surface area contributed by atoms with Crippen molar-refractivity contribution < 1.29 is 9.90 Å². The Morgan fingerprint density at radius 3 is 2.46 bits per heavy atom. The molecular weight excluding hydrogens is 296 g/mol. The lowest BCUT2D eigenvalue weighted by Crippen LogP contribution is -2.39. The number of carboxylic acid groups (broad SMARTS) is 1. The molecule has 0 aliphatic heterocycles. The normalized spacial score (nSPS) is 29.8. The summed E-state index contributed by atoms with van der Waals surface area (Å²) in [5, 5.41) is 9.97. The van der Waals surface area contributed by atoms with Crippen molar-refractivity contribution >= 4 is 11.5 Å². The maximum Gasteiger partial charge on any atom is 0.314 e. The van der Waals surface area contributed by atoms with Crippen LogP contribution < -0.4 is 0 Å². The van der Waals surface area contributed by atoms with Gasteiger partial charge in [0.2, 0.25) is 0 Å². The fraction of sp³-hybridized carbons (Fsp3) is 0.409. The van der Waals surface area contributed by atoms with Crippen LogP contribution in [0.1, 0.15) is 44.1 Å². The molecule has 126 valence electrons. The number of benzene rings is 1. The third-order valence-corrected chi connectivity index (χ3v) is 5.80. The summed E-state index contributed by atoms with van der Waals surface area (Å²) >= 11 is 0. The molecule has 0 aromatic heterocycles. The monoisotopic (exact) mass is 322 g/mol. The van der Waals surface area contributed by atoms with Crippen LogP contribution in [0.3, 0.4) is 0 Å². The predicted octanol–water partition coefficient (Wildman–Crippen LogP) is 5.48. The third-order valence-electron chi connectivity index (χ3n) is 5.80. The van der Waals surface area contributed by atoms with Gasteiger partial charge in [0, 0.05) is 0 Å². The zero-order chi connectivity index (χ0) is 17.0. The van der Waals surface area contributed by atoms with Crippen LogP contribution in [-0.2, 0) is 4.79 Å². The van der Waals surface area contributed by atoms with E-state index in [-0.39, 0.29) is 5.92 Å². The average molecular weight is 322 g/mol. The summed E-state index contributed by atoms with van der Waals surface area (Å²) in [6, 6.07) is 10.2. The van der Waals surface area contributed by atoms with Gasteiger partial charge in [0.25, 0.3) is 0 Å². The van der Waals surface area contributed by atoms with Gasteiger partial charge >= 0.3 is 5.97 Å². The van der Waals surface area contributed by atoms with E-state index in [4.69, 9.17) is 0 Å². The molecule has 0 radical (unpaired) electrons. The van der Waals surface area contributed by atoms with E-state index in [9.17, 15) is 9.90 Å². The first-order valence-electron chi connectivity index (χ1n) is 8.95. The van der Waals surface area contributed by atoms with Gasteiger partial charge < -0.3 is 5.11 Å². The van der Waals surface area contributed by atoms with Crippen LogP contribution in [0.2, 0.25) is 0 Å². The molecule has 0 bridgehead atoms. The summed E-state index contributed by atoms with van der Waals surface area (Å²) < 4.78 is 0. The molecule has 1 fully saturated rings. The molecule has 0 spiro atoms. The van der Waals surface area contributed by atoms with Gasteiger partial charge in [0.05, 0.1) is 5.41 Å². The van der Waals surface area contributed by atoms with Gasteiger partial charge in [-0.2, -0.15) is 0 Å². The molecule has 24 heavy (non-hydrogen) atoms. The van der Waals surface area contributed by atoms with E-state index in [1.807, 2.05) is 36.4 Å². The van der Waals surface area contributed by atoms with E-state index in [1.54, 1.807) is 0 Å². The standard InChI is InChI=1S/C22H26O2/c1-2-6-17-9-11-20(12-10-17)22(21(23)24)15-13-19(14-16-22)18-7-4-3-5-8-18/h2-5,7-8,13-15,17,20H,1,6,9-12,16H2,(H,23,24). The van der Waals surface area contributed by atoms with Crippen molar-refractivity contribution in [3.63, 3.8) is 0 Å². The van der Waals surface area contributed by atoms with E-state index in [0.717, 1.165) is 43.2 Å². The number of allylic oxidation sites excluding steroid dienone is 4. The molecule has 1 N–H and O–H groups in total. The van der Waals surface area contributed by atoms with E-state index in [0.29, 0.717) is 12.3 Å². The minimum Gasteiger partial charge on any atom is -0.481 e. The Bertz CT molecular complexity index is 648. The summed E-state index contributed by atoms with van der Waals surface area (Å²) in [6.07, 6.45) is 14.0. The van der Waals surface area contributed by atoms with E-state index in [1.165, 1.54) is 0 Å². The van der Waals surface area contributed by atoms with Gasteiger partial charge in [-0.1, -0.05) is 54.6 Å². The Hall–Kier alpha value is -2.09. The van der Waals surface area contributed by atoms with Crippen LogP contribution in [0.4, 0.5) is 0 Å². The first-order valence-corrected chi connectivity index (χ1v) is 8.95. The Morgan fingerprint density at radius 2 is 1.92 bits per heavy atom. The molecule has 2 aliphatic carbocycles. The van der Waals surface area contributed by atoms with E-state index >= 15 is 0 Å². The minimum atomic E-state index is -0.725. The van der Waals surface area contributed by atoms with Gasteiger partial charge in [0.1, 0.15) is 0 Å². The number of rotatable bonds is 5. The van der Waals surface area contributed by atoms with Crippen LogP contribution in [0.5, 0.6) is 0 Å². The fourth-order valence-corrected chi connectivity index (χ4v) is 4.28. The molecule has 2 heteroatoms. The lowest BCUT2D eigenvalue weighted by molar-refractivity contribution is -0.149. The lowest BCUT2D eigenvalue weighted by Gasteiger charge is -2.40. The molecule has 1 aromatic carbocycles. The van der Waals surface area contributed by atoms with Crippen molar-refractivity contribution in [3.05, 3.63) is 66.8 Å². The number of carbonyl (C=O) groups is 1. The Morgan fingerprint density at radius 1 is 1.21 bits per heavy atom. The molecule has 2 nitrogen and oxygen atoms in total. The molecule has 1 aromatic rings. The van der Waals surface area contributed by atoms with Crippen LogP contribution >= 0.6 is 0 Å². The zero-order valence-corrected chi connectivity index (χ0v) is 14.2. The maximum atomic E-state index is 12.1. The summed E-state index contributed by atoms with van der Waals surface area (Å²) in [5.41, 5.74) is 1.56. The van der Waals surface area contributed by atoms with Crippen molar-refractivity contribution in [3.8, 4) is 0 Å². The highest BCUT2D eigenvalue weighted by atomic mass is 16.4. The highest BCUT2D eigenvalue weighted by molar-refractivity contribution is 5.83. The topological polar surface area (TPSA) is 37.3 Å². The van der Waals surface area contributed by atoms with Gasteiger partial charge in [0.15, 0.2) is 0 Å². The summed E-state index contributed by atoms with van der Waals surface area (Å²) in [6.45, 7) is 3.83. The van der Waals surface area contributed by atoms with Gasteiger partial charge in [-0.15, -0.1) is 6.58 Å². The quantitative estimate of drug-likeness (QED) is 0.728. The van der Waals surface area contributed by atoms with Gasteiger partial charge in [-0.3, -0.25) is 4.79 Å². The molecule has 0 heterocycles. The first-order chi connectivity index (χ1) is 11.7. The van der Waals surface area contributed by atoms with Crippen molar-refractivity contribution in [2.24, 2.45) is 17.3 Å². The van der Waals surface area contributed by atoms with Gasteiger partial charge in [-0.25, -0.2) is 0 Å². The Kier molecular flexibility index (Phi) is 5.03. The highest BCUT2D eigenvalue weighted by Gasteiger charge is 2.45. The number of carboxylic acids is 1. The molecule has 2 aliphatic rings. The Balaban J connectivity index is 1.75. The maximum absolute atomic E-state index is 12.1. The smallest absolute Gasteiger partial charge is 0.314 e. The van der Waals surface area contributed by atoms with Crippen molar-refractivity contribution in [1.82, 2.24) is 0 Å². The molecule has 1 saturated carbocycles. The number of hydrogen-bond acceptors (Lipinski definition) is 1. The van der Waals surface area contributed by atoms with Crippen LogP contribution in [0.25, 0.3) is 5.57 Å². The van der Waals surface area contributed by atoms with Crippen LogP contribution in [0.15, 0.2) is 61.2 Å². The van der Waals surface area contributed by atoms with E-state index < -0.39 is 11.4 Å². The van der Waals surface area contributed by atoms with Crippen molar-refractivity contribution in [2.75, 3.05) is 0 Å². The highest BCUT2D eigenvalue weighted by Crippen LogP contribution is 2.47. The second kappa shape index (κ2) is 7.21. The van der Waals surface area contributed by atoms with Crippen molar-refractivity contribution in [1.29, 1.82) is 0 Å². The zero-order valence-electron chi connectivity index (χ0n) is 14.2. The molecule has 0 amide bonds. The van der Waals surface area contributed by atoms with Crippen LogP contribution in [0, 0.1) is 17.3 Å². The minimum absolute atomic E-state index is 0.237. The third kappa shape index (κ3) is 3.24. The SMILES string of the molecule is C=CCC1CCC(C2(C(=O)O)C=CC(c3ccccc3)=CC2)CC1. The van der Waals surface area contributed by atoms with Gasteiger partial charge in [-0.05, 0) is 61.5 Å². The Labute approximate surface area is 144 Å². The summed E-state index contributed by atoms with van der Waals surface area (Å²) in [5.74, 6) is 0.253. The summed E-state index contributed by atoms with van der Waals surface area (Å²) in [7, 11) is 0. The second-order valence-electron chi connectivity index (χ2n) is 7.15. The fourth-order valence-electron chi connectivity index (χ4n) is 4.28. The molecular formula is C22H26O2. The molecule has 1 atom stereocenters. The number of aliphatic carboxylic acids is 1. The average Bonchev–Trinajstić information content (AvgIpc) is 2.63. The van der Waals surface area contributed by atoms with E-state index in [2.05, 4.69) is 24.8 Å². The predicted molar refractivity (Wildman–Crippen MR) is 98.5 cm³/mol. The largest absolute Gasteiger partial charge is 0.481 e. The molecule has 3 rings (SSSR count). The van der Waals surface area contributed by atoms with Crippen molar-refractivity contribution in [2.45, 2.75) is 38.5 Å². The number of hydrogen-bond donors (Lipinski definition) is 1. The first kappa shape index (κ1) is 16.8.